The maximum Gasteiger partial charge on any atom is 0.267 e. The van der Waals surface area contributed by atoms with Crippen LogP contribution in [0.15, 0.2) is 53.3 Å². The predicted octanol–water partition coefficient (Wildman–Crippen LogP) is 3.85. The van der Waals surface area contributed by atoms with Crippen LogP contribution in [0.3, 0.4) is 0 Å². The van der Waals surface area contributed by atoms with E-state index < -0.39 is 6.04 Å². The molecular weight excluding hydrogens is 382 g/mol. The minimum absolute atomic E-state index is 0.162. The zero-order valence-corrected chi connectivity index (χ0v) is 17.1. The fraction of sp³-hybridized carbons (Fsp3) is 0.261. The van der Waals surface area contributed by atoms with Gasteiger partial charge in [-0.1, -0.05) is 19.1 Å². The number of benzene rings is 2. The van der Waals surface area contributed by atoms with Gasteiger partial charge in [0.2, 0.25) is 12.7 Å². The number of anilines is 1. The van der Waals surface area contributed by atoms with Crippen LogP contribution >= 0.6 is 0 Å². The molecule has 154 valence electrons. The van der Waals surface area contributed by atoms with Crippen LogP contribution in [0.1, 0.15) is 30.5 Å². The first-order chi connectivity index (χ1) is 14.5. The van der Waals surface area contributed by atoms with Crippen molar-refractivity contribution < 1.29 is 14.3 Å². The minimum Gasteiger partial charge on any atom is -0.454 e. The number of hydrogen-bond donors (Lipinski definition) is 1. The second kappa shape index (κ2) is 8.02. The Morgan fingerprint density at radius 2 is 1.87 bits per heavy atom. The van der Waals surface area contributed by atoms with Crippen molar-refractivity contribution in [3.8, 4) is 22.8 Å². The van der Waals surface area contributed by atoms with Gasteiger partial charge in [0, 0.05) is 23.4 Å². The number of amides is 1. The number of rotatable bonds is 5. The Balaban J connectivity index is 1.62. The zero-order valence-electron chi connectivity index (χ0n) is 17.1. The van der Waals surface area contributed by atoms with Gasteiger partial charge >= 0.3 is 0 Å². The molecule has 1 N–H and O–H groups in total. The van der Waals surface area contributed by atoms with Gasteiger partial charge in [-0.15, -0.1) is 0 Å². The summed E-state index contributed by atoms with van der Waals surface area (Å²) in [4.78, 5) is 25.5. The summed E-state index contributed by atoms with van der Waals surface area (Å²) in [5, 5.41) is 7.35. The number of aromatic nitrogens is 2. The van der Waals surface area contributed by atoms with E-state index in [2.05, 4.69) is 10.4 Å². The molecule has 0 radical (unpaired) electrons. The molecule has 0 spiro atoms. The highest BCUT2D eigenvalue weighted by molar-refractivity contribution is 5.94. The monoisotopic (exact) mass is 405 g/mol. The fourth-order valence-electron chi connectivity index (χ4n) is 3.37. The molecule has 0 aliphatic carbocycles. The number of nitrogens with one attached hydrogen (secondary N) is 1. The second-order valence-corrected chi connectivity index (χ2v) is 7.28. The Morgan fingerprint density at radius 1 is 1.07 bits per heavy atom. The first kappa shape index (κ1) is 19.7. The van der Waals surface area contributed by atoms with Crippen molar-refractivity contribution in [1.29, 1.82) is 0 Å². The molecule has 2 heterocycles. The van der Waals surface area contributed by atoms with Crippen LogP contribution in [0, 0.1) is 13.8 Å². The molecule has 1 aliphatic rings. The molecule has 1 aliphatic heterocycles. The third kappa shape index (κ3) is 3.78. The van der Waals surface area contributed by atoms with E-state index in [-0.39, 0.29) is 18.3 Å². The summed E-state index contributed by atoms with van der Waals surface area (Å²) in [6.07, 6.45) is 0.416. The van der Waals surface area contributed by atoms with E-state index in [0.717, 1.165) is 11.1 Å². The molecule has 7 nitrogen and oxygen atoms in total. The van der Waals surface area contributed by atoms with E-state index in [1.54, 1.807) is 24.3 Å². The maximum absolute atomic E-state index is 13.0. The molecule has 1 atom stereocenters. The Morgan fingerprint density at radius 3 is 2.63 bits per heavy atom. The molecule has 0 saturated carbocycles. The molecule has 1 amide bonds. The highest BCUT2D eigenvalue weighted by Gasteiger charge is 2.22. The topological polar surface area (TPSA) is 82.4 Å². The summed E-state index contributed by atoms with van der Waals surface area (Å²) >= 11 is 0. The smallest absolute Gasteiger partial charge is 0.267 e. The zero-order chi connectivity index (χ0) is 21.3. The fourth-order valence-corrected chi connectivity index (χ4v) is 3.37. The van der Waals surface area contributed by atoms with Gasteiger partial charge in [-0.05, 0) is 55.7 Å². The molecule has 0 saturated heterocycles. The predicted molar refractivity (Wildman–Crippen MR) is 114 cm³/mol. The number of carbonyl (C=O) groups is 1. The number of fused-ring (bicyclic) bond motifs is 1. The van der Waals surface area contributed by atoms with Crippen LogP contribution < -0.4 is 20.3 Å². The average Bonchev–Trinajstić information content (AvgIpc) is 3.20. The summed E-state index contributed by atoms with van der Waals surface area (Å²) in [7, 11) is 0. The van der Waals surface area contributed by atoms with Crippen molar-refractivity contribution >= 4 is 11.6 Å². The second-order valence-electron chi connectivity index (χ2n) is 7.28. The van der Waals surface area contributed by atoms with Crippen molar-refractivity contribution in [2.45, 2.75) is 33.2 Å². The van der Waals surface area contributed by atoms with Crippen molar-refractivity contribution in [3.05, 3.63) is 70.0 Å². The minimum atomic E-state index is -0.741. The highest BCUT2D eigenvalue weighted by atomic mass is 16.7. The van der Waals surface area contributed by atoms with Crippen LogP contribution in [0.5, 0.6) is 11.5 Å². The van der Waals surface area contributed by atoms with Crippen LogP contribution in [-0.2, 0) is 4.79 Å². The van der Waals surface area contributed by atoms with Crippen molar-refractivity contribution in [1.82, 2.24) is 9.78 Å². The molecule has 0 bridgehead atoms. The molecule has 30 heavy (non-hydrogen) atoms. The number of aryl methyl sites for hydroxylation is 2. The first-order valence-corrected chi connectivity index (χ1v) is 9.84. The quantitative estimate of drug-likeness (QED) is 0.697. The molecule has 0 unspecified atom stereocenters. The van der Waals surface area contributed by atoms with E-state index in [0.29, 0.717) is 29.3 Å². The lowest BCUT2D eigenvalue weighted by molar-refractivity contribution is -0.119. The van der Waals surface area contributed by atoms with E-state index in [1.165, 1.54) is 16.3 Å². The average molecular weight is 405 g/mol. The van der Waals surface area contributed by atoms with Crippen LogP contribution in [0.25, 0.3) is 11.3 Å². The Bertz CT molecular complexity index is 1170. The van der Waals surface area contributed by atoms with Gasteiger partial charge in [-0.25, -0.2) is 4.68 Å². The summed E-state index contributed by atoms with van der Waals surface area (Å²) < 4.78 is 11.9. The number of hydrogen-bond acceptors (Lipinski definition) is 5. The first-order valence-electron chi connectivity index (χ1n) is 9.84. The van der Waals surface area contributed by atoms with Gasteiger partial charge in [0.25, 0.3) is 5.56 Å². The van der Waals surface area contributed by atoms with Gasteiger partial charge in [-0.3, -0.25) is 9.59 Å². The molecule has 1 aromatic heterocycles. The van der Waals surface area contributed by atoms with Gasteiger partial charge in [0.15, 0.2) is 11.5 Å². The number of carbonyl (C=O) groups excluding carboxylic acids is 1. The van der Waals surface area contributed by atoms with E-state index in [9.17, 15) is 9.59 Å². The Labute approximate surface area is 174 Å². The van der Waals surface area contributed by atoms with E-state index in [1.807, 2.05) is 39.0 Å². The molecule has 4 rings (SSSR count). The summed E-state index contributed by atoms with van der Waals surface area (Å²) in [5.74, 6) is 0.898. The SMILES string of the molecule is CC[C@H](C(=O)Nc1ccc2c(c1)OCO2)n1nc(-c2ccc(C)c(C)c2)ccc1=O. The molecule has 3 aromatic rings. The standard InChI is InChI=1S/C23H23N3O4/c1-4-19(23(28)24-17-7-9-20-21(12-17)30-13-29-20)26-22(27)10-8-18(25-26)16-6-5-14(2)15(3)11-16/h5-12,19H,4,13H2,1-3H3,(H,24,28)/t19-/m1/s1. The normalized spacial score (nSPS) is 13.2. The van der Waals surface area contributed by atoms with Crippen molar-refractivity contribution in [2.24, 2.45) is 0 Å². The lowest BCUT2D eigenvalue weighted by Crippen LogP contribution is -2.34. The highest BCUT2D eigenvalue weighted by Crippen LogP contribution is 2.34. The van der Waals surface area contributed by atoms with Gasteiger partial charge < -0.3 is 14.8 Å². The van der Waals surface area contributed by atoms with E-state index >= 15 is 0 Å². The summed E-state index contributed by atoms with van der Waals surface area (Å²) in [6.45, 7) is 6.08. The van der Waals surface area contributed by atoms with Crippen LogP contribution in [-0.4, -0.2) is 22.5 Å². The third-order valence-corrected chi connectivity index (χ3v) is 5.25. The maximum atomic E-state index is 13.0. The van der Waals surface area contributed by atoms with Crippen LogP contribution in [0.2, 0.25) is 0 Å². The largest absolute Gasteiger partial charge is 0.454 e. The molecule has 2 aromatic carbocycles. The lowest BCUT2D eigenvalue weighted by atomic mass is 10.0. The summed E-state index contributed by atoms with van der Waals surface area (Å²) in [5.41, 5.74) is 4.11. The number of nitrogens with zero attached hydrogens (tertiary/aromatic N) is 2. The molecule has 7 heteroatoms. The van der Waals surface area contributed by atoms with Crippen LogP contribution in [0.4, 0.5) is 5.69 Å². The third-order valence-electron chi connectivity index (χ3n) is 5.25. The molecular formula is C23H23N3O4. The number of ether oxygens (including phenoxy) is 2. The lowest BCUT2D eigenvalue weighted by Gasteiger charge is -2.18. The Hall–Kier alpha value is -3.61. The van der Waals surface area contributed by atoms with Gasteiger partial charge in [-0.2, -0.15) is 5.10 Å². The van der Waals surface area contributed by atoms with Gasteiger partial charge in [0.1, 0.15) is 6.04 Å². The van der Waals surface area contributed by atoms with Crippen molar-refractivity contribution in [2.75, 3.05) is 12.1 Å². The van der Waals surface area contributed by atoms with Gasteiger partial charge in [0.05, 0.1) is 5.69 Å². The van der Waals surface area contributed by atoms with E-state index in [4.69, 9.17) is 9.47 Å². The summed E-state index contributed by atoms with van der Waals surface area (Å²) in [6, 6.07) is 13.6. The molecule has 0 fully saturated rings. The Kier molecular flexibility index (Phi) is 5.27. The van der Waals surface area contributed by atoms with Crippen molar-refractivity contribution in [3.63, 3.8) is 0 Å².